The molecule has 1 aromatic heterocycles. The van der Waals surface area contributed by atoms with Gasteiger partial charge in [0.05, 0.1) is 21.8 Å². The van der Waals surface area contributed by atoms with Crippen molar-refractivity contribution in [2.24, 2.45) is 0 Å². The van der Waals surface area contributed by atoms with Crippen LogP contribution in [-0.2, 0) is 20.4 Å². The third-order valence-electron chi connectivity index (χ3n) is 6.68. The number of benzene rings is 2. The molecule has 1 fully saturated rings. The maximum absolute atomic E-state index is 13.3. The number of amides is 1. The average molecular weight is 545 g/mol. The predicted octanol–water partition coefficient (Wildman–Crippen LogP) is 5.91. The molecule has 36 heavy (non-hydrogen) atoms. The molecule has 0 bridgehead atoms. The van der Waals surface area contributed by atoms with Gasteiger partial charge in [-0.25, -0.2) is 13.2 Å². The lowest BCUT2D eigenvalue weighted by molar-refractivity contribution is -0.110. The van der Waals surface area contributed by atoms with Crippen molar-refractivity contribution in [2.75, 3.05) is 5.32 Å². The fraction of sp³-hybridized carbons (Fsp3) is 0.231. The number of hydrogen-bond donors (Lipinski definition) is 2. The summed E-state index contributed by atoms with van der Waals surface area (Å²) >= 11 is 12.4. The molecule has 1 saturated carbocycles. The molecule has 5 rings (SSSR count). The van der Waals surface area contributed by atoms with Crippen molar-refractivity contribution >= 4 is 62.3 Å². The Balaban J connectivity index is 1.60. The molecule has 2 aliphatic rings. The van der Waals surface area contributed by atoms with E-state index in [9.17, 15) is 23.1 Å². The standard InChI is InChI=1S/C26H22Cl2N2O5S/c1-13-23(30(15-6-7-15)14(2)24(13)26(32)33)11-18-17-10-16(8-9-22(17)29-25(18)31)36(34,35)12-19-20(27)4-3-5-21(19)28/h3-5,8-11,15H,6-7,12H2,1-2H3,(H,29,31)(H,32,33)/b18-11-. The van der Waals surface area contributed by atoms with E-state index in [-0.39, 0.29) is 38.0 Å². The van der Waals surface area contributed by atoms with Crippen LogP contribution in [0.25, 0.3) is 11.6 Å². The number of carboxylic acid groups (broad SMARTS) is 1. The summed E-state index contributed by atoms with van der Waals surface area (Å²) in [5.41, 5.74) is 3.57. The first-order valence-corrected chi connectivity index (χ1v) is 13.7. The predicted molar refractivity (Wildman–Crippen MR) is 139 cm³/mol. The second-order valence-electron chi connectivity index (χ2n) is 9.06. The van der Waals surface area contributed by atoms with Crippen LogP contribution in [0.4, 0.5) is 5.69 Å². The summed E-state index contributed by atoms with van der Waals surface area (Å²) in [6, 6.07) is 9.43. The molecule has 3 aromatic rings. The third kappa shape index (κ3) is 4.13. The highest BCUT2D eigenvalue weighted by molar-refractivity contribution is 7.90. The van der Waals surface area contributed by atoms with Crippen molar-refractivity contribution in [3.63, 3.8) is 0 Å². The van der Waals surface area contributed by atoms with E-state index >= 15 is 0 Å². The first-order chi connectivity index (χ1) is 17.0. The molecule has 2 aromatic carbocycles. The first kappa shape index (κ1) is 24.6. The fourth-order valence-electron chi connectivity index (χ4n) is 4.76. The summed E-state index contributed by atoms with van der Waals surface area (Å²) < 4.78 is 28.5. The molecule has 186 valence electrons. The monoisotopic (exact) mass is 544 g/mol. The van der Waals surface area contributed by atoms with Gasteiger partial charge in [-0.15, -0.1) is 0 Å². The molecule has 0 atom stereocenters. The van der Waals surface area contributed by atoms with Crippen LogP contribution in [-0.4, -0.2) is 30.0 Å². The summed E-state index contributed by atoms with van der Waals surface area (Å²) in [5, 5.41) is 13.0. The van der Waals surface area contributed by atoms with Crippen molar-refractivity contribution in [3.05, 3.63) is 80.1 Å². The third-order valence-corrected chi connectivity index (χ3v) is 9.03. The van der Waals surface area contributed by atoms with Crippen LogP contribution in [0, 0.1) is 13.8 Å². The second-order valence-corrected chi connectivity index (χ2v) is 11.9. The largest absolute Gasteiger partial charge is 0.478 e. The molecule has 2 heterocycles. The van der Waals surface area contributed by atoms with Gasteiger partial charge in [0.15, 0.2) is 9.84 Å². The Morgan fingerprint density at radius 2 is 1.83 bits per heavy atom. The lowest BCUT2D eigenvalue weighted by Gasteiger charge is -2.10. The number of carbonyl (C=O) groups excluding carboxylic acids is 1. The van der Waals surface area contributed by atoms with E-state index in [0.717, 1.165) is 12.8 Å². The molecular formula is C26H22Cl2N2O5S. The quantitative estimate of drug-likeness (QED) is 0.375. The fourth-order valence-corrected chi connectivity index (χ4v) is 6.88. The van der Waals surface area contributed by atoms with E-state index in [2.05, 4.69) is 5.32 Å². The summed E-state index contributed by atoms with van der Waals surface area (Å²) in [7, 11) is -3.85. The summed E-state index contributed by atoms with van der Waals surface area (Å²) in [6.45, 7) is 3.49. The number of rotatable bonds is 6. The van der Waals surface area contributed by atoms with Gasteiger partial charge in [0.2, 0.25) is 0 Å². The normalized spacial score (nSPS) is 16.3. The van der Waals surface area contributed by atoms with E-state index in [1.807, 2.05) is 4.57 Å². The van der Waals surface area contributed by atoms with Crippen LogP contribution < -0.4 is 5.32 Å². The first-order valence-electron chi connectivity index (χ1n) is 11.3. The number of aromatic carboxylic acids is 1. The second kappa shape index (κ2) is 8.80. The highest BCUT2D eigenvalue weighted by Gasteiger charge is 2.33. The number of hydrogen-bond acceptors (Lipinski definition) is 4. The Labute approximate surface area is 218 Å². The molecule has 1 amide bonds. The zero-order valence-corrected chi connectivity index (χ0v) is 21.8. The summed E-state index contributed by atoms with van der Waals surface area (Å²) in [6.07, 6.45) is 3.52. The van der Waals surface area contributed by atoms with Crippen molar-refractivity contribution in [2.45, 2.75) is 43.4 Å². The van der Waals surface area contributed by atoms with Gasteiger partial charge in [-0.2, -0.15) is 0 Å². The number of fused-ring (bicyclic) bond motifs is 1. The van der Waals surface area contributed by atoms with Crippen LogP contribution in [0.3, 0.4) is 0 Å². The molecule has 7 nitrogen and oxygen atoms in total. The van der Waals surface area contributed by atoms with Gasteiger partial charge in [-0.1, -0.05) is 29.3 Å². The van der Waals surface area contributed by atoms with Gasteiger partial charge in [0.25, 0.3) is 5.91 Å². The van der Waals surface area contributed by atoms with Gasteiger partial charge in [0, 0.05) is 44.3 Å². The SMILES string of the molecule is Cc1c(C(=O)O)c(C)n(C2CC2)c1/C=C1\C(=O)Nc2ccc(S(=O)(=O)Cc3c(Cl)cccc3Cl)cc21. The van der Waals surface area contributed by atoms with Gasteiger partial charge in [0.1, 0.15) is 0 Å². The Kier molecular flexibility index (Phi) is 6.01. The van der Waals surface area contributed by atoms with Crippen LogP contribution in [0.15, 0.2) is 41.3 Å². The Hall–Kier alpha value is -3.07. The highest BCUT2D eigenvalue weighted by atomic mass is 35.5. The van der Waals surface area contributed by atoms with Crippen molar-refractivity contribution in [1.29, 1.82) is 0 Å². The number of halogens is 2. The number of carboxylic acids is 1. The average Bonchev–Trinajstić information content (AvgIpc) is 3.54. The van der Waals surface area contributed by atoms with Gasteiger partial charge in [-0.3, -0.25) is 4.79 Å². The summed E-state index contributed by atoms with van der Waals surface area (Å²) in [5.74, 6) is -1.80. The van der Waals surface area contributed by atoms with E-state index in [1.165, 1.54) is 12.1 Å². The number of carbonyl (C=O) groups is 2. The topological polar surface area (TPSA) is 105 Å². The maximum atomic E-state index is 13.3. The maximum Gasteiger partial charge on any atom is 0.337 e. The summed E-state index contributed by atoms with van der Waals surface area (Å²) in [4.78, 5) is 24.9. The lowest BCUT2D eigenvalue weighted by atomic mass is 10.0. The van der Waals surface area contributed by atoms with Crippen LogP contribution in [0.2, 0.25) is 10.0 Å². The van der Waals surface area contributed by atoms with Gasteiger partial charge < -0.3 is 15.0 Å². The molecule has 0 saturated heterocycles. The number of aromatic nitrogens is 1. The number of nitrogens with one attached hydrogen (secondary N) is 1. The van der Waals surface area contributed by atoms with Gasteiger partial charge >= 0.3 is 5.97 Å². The number of nitrogens with zero attached hydrogens (tertiary/aromatic N) is 1. The van der Waals surface area contributed by atoms with E-state index in [1.54, 1.807) is 44.2 Å². The van der Waals surface area contributed by atoms with E-state index in [4.69, 9.17) is 23.2 Å². The molecule has 1 aliphatic carbocycles. The van der Waals surface area contributed by atoms with Crippen molar-refractivity contribution in [1.82, 2.24) is 4.57 Å². The van der Waals surface area contributed by atoms with E-state index < -0.39 is 21.6 Å². The van der Waals surface area contributed by atoms with Crippen molar-refractivity contribution in [3.8, 4) is 0 Å². The minimum absolute atomic E-state index is 0.0244. The van der Waals surface area contributed by atoms with E-state index in [0.29, 0.717) is 33.8 Å². The molecule has 10 heteroatoms. The van der Waals surface area contributed by atoms with Crippen molar-refractivity contribution < 1.29 is 23.1 Å². The highest BCUT2D eigenvalue weighted by Crippen LogP contribution is 2.42. The molecule has 0 unspecified atom stereocenters. The molecular weight excluding hydrogens is 523 g/mol. The minimum atomic E-state index is -3.85. The zero-order chi connectivity index (χ0) is 25.9. The molecule has 0 radical (unpaired) electrons. The smallest absolute Gasteiger partial charge is 0.337 e. The number of anilines is 1. The Bertz CT molecular complexity index is 1580. The van der Waals surface area contributed by atoms with Crippen LogP contribution in [0.1, 0.15) is 57.3 Å². The molecule has 2 N–H and O–H groups in total. The number of sulfone groups is 1. The van der Waals surface area contributed by atoms with Crippen LogP contribution >= 0.6 is 23.2 Å². The van der Waals surface area contributed by atoms with Crippen LogP contribution in [0.5, 0.6) is 0 Å². The molecule has 0 spiro atoms. The molecule has 1 aliphatic heterocycles. The minimum Gasteiger partial charge on any atom is -0.478 e. The zero-order valence-electron chi connectivity index (χ0n) is 19.4. The Morgan fingerprint density at radius 3 is 2.44 bits per heavy atom. The lowest BCUT2D eigenvalue weighted by Crippen LogP contribution is -2.06. The Morgan fingerprint density at radius 1 is 1.17 bits per heavy atom. The van der Waals surface area contributed by atoms with Gasteiger partial charge in [-0.05, 0) is 68.7 Å².